The van der Waals surface area contributed by atoms with Gasteiger partial charge in [-0.1, -0.05) is 12.1 Å². The normalized spacial score (nSPS) is 24.2. The van der Waals surface area contributed by atoms with Crippen molar-refractivity contribution in [1.82, 2.24) is 5.32 Å². The van der Waals surface area contributed by atoms with Crippen molar-refractivity contribution in [3.8, 4) is 0 Å². The molecule has 1 aromatic rings. The molecule has 104 valence electrons. The molecule has 1 fully saturated rings. The van der Waals surface area contributed by atoms with E-state index in [9.17, 15) is 4.79 Å². The molecule has 3 unspecified atom stereocenters. The monoisotopic (exact) mass is 262 g/mol. The molecule has 1 aromatic carbocycles. The van der Waals surface area contributed by atoms with Gasteiger partial charge in [-0.05, 0) is 51.4 Å². The van der Waals surface area contributed by atoms with Gasteiger partial charge in [0.1, 0.15) is 6.10 Å². The highest BCUT2D eigenvalue weighted by Crippen LogP contribution is 2.22. The third-order valence-corrected chi connectivity index (χ3v) is 3.61. The van der Waals surface area contributed by atoms with Crippen LogP contribution < -0.4 is 10.6 Å². The number of rotatable bonds is 4. The smallest absolute Gasteiger partial charge is 0.253 e. The number of nitrogens with one attached hydrogen (secondary N) is 2. The Labute approximate surface area is 114 Å². The van der Waals surface area contributed by atoms with Crippen molar-refractivity contribution in [2.24, 2.45) is 0 Å². The molecule has 3 atom stereocenters. The zero-order valence-corrected chi connectivity index (χ0v) is 11.8. The zero-order valence-electron chi connectivity index (χ0n) is 11.8. The summed E-state index contributed by atoms with van der Waals surface area (Å²) in [6.45, 7) is 4.09. The van der Waals surface area contributed by atoms with Crippen molar-refractivity contribution in [2.75, 3.05) is 12.4 Å². The van der Waals surface area contributed by atoms with E-state index >= 15 is 0 Å². The largest absolute Gasteiger partial charge is 0.365 e. The number of hydrogen-bond acceptors (Lipinski definition) is 3. The Kier molecular flexibility index (Phi) is 4.56. The van der Waals surface area contributed by atoms with Crippen molar-refractivity contribution >= 4 is 11.6 Å². The third kappa shape index (κ3) is 3.55. The Morgan fingerprint density at radius 1 is 1.42 bits per heavy atom. The van der Waals surface area contributed by atoms with Gasteiger partial charge in [0.2, 0.25) is 0 Å². The van der Waals surface area contributed by atoms with Crippen LogP contribution in [0.4, 0.5) is 5.69 Å². The lowest BCUT2D eigenvalue weighted by atomic mass is 10.1. The zero-order chi connectivity index (χ0) is 13.8. The van der Waals surface area contributed by atoms with Gasteiger partial charge in [-0.25, -0.2) is 0 Å². The van der Waals surface area contributed by atoms with E-state index in [0.29, 0.717) is 0 Å². The predicted molar refractivity (Wildman–Crippen MR) is 76.1 cm³/mol. The maximum absolute atomic E-state index is 12.1. The van der Waals surface area contributed by atoms with Gasteiger partial charge in [0.05, 0.1) is 6.10 Å². The van der Waals surface area contributed by atoms with Crippen LogP contribution in [0.3, 0.4) is 0 Å². The van der Waals surface area contributed by atoms with E-state index in [2.05, 4.69) is 17.6 Å². The van der Waals surface area contributed by atoms with Gasteiger partial charge < -0.3 is 15.4 Å². The molecule has 0 aliphatic carbocycles. The number of hydrogen-bond donors (Lipinski definition) is 2. The molecule has 19 heavy (non-hydrogen) atoms. The molecule has 2 N–H and O–H groups in total. The van der Waals surface area contributed by atoms with E-state index in [-0.39, 0.29) is 24.2 Å². The van der Waals surface area contributed by atoms with Gasteiger partial charge >= 0.3 is 0 Å². The van der Waals surface area contributed by atoms with Crippen LogP contribution in [-0.2, 0) is 9.53 Å². The summed E-state index contributed by atoms with van der Waals surface area (Å²) in [5.41, 5.74) is 1.98. The molecule has 4 nitrogen and oxygen atoms in total. The number of carbonyl (C=O) groups excluding carboxylic acids is 1. The van der Waals surface area contributed by atoms with Crippen LogP contribution in [0.15, 0.2) is 24.3 Å². The fraction of sp³-hybridized carbons (Fsp3) is 0.533. The summed E-state index contributed by atoms with van der Waals surface area (Å²) >= 11 is 0. The van der Waals surface area contributed by atoms with Gasteiger partial charge in [-0.2, -0.15) is 0 Å². The van der Waals surface area contributed by atoms with Gasteiger partial charge in [0.25, 0.3) is 5.91 Å². The van der Waals surface area contributed by atoms with E-state index in [0.717, 1.165) is 24.1 Å². The Morgan fingerprint density at radius 3 is 2.84 bits per heavy atom. The summed E-state index contributed by atoms with van der Waals surface area (Å²) in [4.78, 5) is 12.1. The molecule has 1 aliphatic rings. The molecule has 4 heteroatoms. The first kappa shape index (κ1) is 14.0. The van der Waals surface area contributed by atoms with E-state index < -0.39 is 0 Å². The van der Waals surface area contributed by atoms with Crippen molar-refractivity contribution < 1.29 is 9.53 Å². The van der Waals surface area contributed by atoms with E-state index in [1.807, 2.05) is 38.2 Å². The minimum atomic E-state index is -0.305. The molecule has 0 bridgehead atoms. The Morgan fingerprint density at radius 2 is 2.21 bits per heavy atom. The van der Waals surface area contributed by atoms with E-state index in [1.165, 1.54) is 0 Å². The molecule has 0 spiro atoms. The van der Waals surface area contributed by atoms with Crippen LogP contribution in [0.25, 0.3) is 0 Å². The summed E-state index contributed by atoms with van der Waals surface area (Å²) in [7, 11) is 1.92. The van der Waals surface area contributed by atoms with Crippen molar-refractivity contribution in [1.29, 1.82) is 0 Å². The first-order valence-electron chi connectivity index (χ1n) is 6.83. The van der Waals surface area contributed by atoms with E-state index in [4.69, 9.17) is 4.74 Å². The van der Waals surface area contributed by atoms with Crippen LogP contribution in [0, 0.1) is 0 Å². The van der Waals surface area contributed by atoms with E-state index in [1.54, 1.807) is 0 Å². The molecular weight excluding hydrogens is 240 g/mol. The average Bonchev–Trinajstić information content (AvgIpc) is 2.85. The molecule has 2 rings (SSSR count). The summed E-state index contributed by atoms with van der Waals surface area (Å²) in [6.07, 6.45) is 1.64. The Bertz CT molecular complexity index is 448. The highest BCUT2D eigenvalue weighted by atomic mass is 16.5. The lowest BCUT2D eigenvalue weighted by Gasteiger charge is -2.14. The fourth-order valence-corrected chi connectivity index (χ4v) is 2.27. The summed E-state index contributed by atoms with van der Waals surface area (Å²) in [5.74, 6) is -0.0430. The topological polar surface area (TPSA) is 50.4 Å². The van der Waals surface area contributed by atoms with Crippen molar-refractivity contribution in [3.63, 3.8) is 0 Å². The minimum absolute atomic E-state index is 0.0430. The van der Waals surface area contributed by atoms with Crippen LogP contribution in [0.2, 0.25) is 0 Å². The Hall–Kier alpha value is -1.39. The van der Waals surface area contributed by atoms with Crippen LogP contribution >= 0.6 is 0 Å². The summed E-state index contributed by atoms with van der Waals surface area (Å²) in [5, 5.41) is 6.12. The Balaban J connectivity index is 2.00. The second-order valence-electron chi connectivity index (χ2n) is 5.14. The van der Waals surface area contributed by atoms with Gasteiger partial charge in [-0.3, -0.25) is 4.79 Å². The summed E-state index contributed by atoms with van der Waals surface area (Å²) < 4.78 is 5.57. The molecule has 0 radical (unpaired) electrons. The highest BCUT2D eigenvalue weighted by molar-refractivity contribution is 5.94. The number of benzene rings is 1. The quantitative estimate of drug-likeness (QED) is 0.876. The number of amides is 1. The molecule has 1 saturated heterocycles. The lowest BCUT2D eigenvalue weighted by molar-refractivity contribution is -0.126. The molecule has 1 aliphatic heterocycles. The minimum Gasteiger partial charge on any atom is -0.365 e. The maximum atomic E-state index is 12.1. The van der Waals surface area contributed by atoms with Crippen LogP contribution in [0.1, 0.15) is 38.3 Å². The number of anilines is 1. The molecular formula is C15H22N2O2. The fourth-order valence-electron chi connectivity index (χ4n) is 2.27. The first-order chi connectivity index (χ1) is 9.10. The lowest BCUT2D eigenvalue weighted by Crippen LogP contribution is -2.27. The maximum Gasteiger partial charge on any atom is 0.253 e. The molecule has 0 aromatic heterocycles. The predicted octanol–water partition coefficient (Wildman–Crippen LogP) is 2.47. The number of ether oxygens (including phenoxy) is 1. The van der Waals surface area contributed by atoms with Crippen molar-refractivity contribution in [3.05, 3.63) is 29.8 Å². The molecule has 1 heterocycles. The molecule has 1 amide bonds. The van der Waals surface area contributed by atoms with Gasteiger partial charge in [0.15, 0.2) is 0 Å². The number of carbonyl (C=O) groups is 1. The highest BCUT2D eigenvalue weighted by Gasteiger charge is 2.28. The van der Waals surface area contributed by atoms with Crippen LogP contribution in [-0.4, -0.2) is 25.2 Å². The molecule has 0 saturated carbocycles. The third-order valence-electron chi connectivity index (χ3n) is 3.61. The van der Waals surface area contributed by atoms with Crippen LogP contribution in [0.5, 0.6) is 0 Å². The van der Waals surface area contributed by atoms with Gasteiger partial charge in [0, 0.05) is 11.7 Å². The van der Waals surface area contributed by atoms with Gasteiger partial charge in [-0.15, -0.1) is 0 Å². The second-order valence-corrected chi connectivity index (χ2v) is 5.14. The SMILES string of the molecule is CNC(C)c1cccc(NC(=O)C2CCC(C)O2)c1. The first-order valence-corrected chi connectivity index (χ1v) is 6.83. The summed E-state index contributed by atoms with van der Waals surface area (Å²) in [6, 6.07) is 8.17. The van der Waals surface area contributed by atoms with Crippen molar-refractivity contribution in [2.45, 2.75) is 44.9 Å². The standard InChI is InChI=1S/C15H22N2O2/c1-10-7-8-14(19-10)15(18)17-13-6-4-5-12(9-13)11(2)16-3/h4-6,9-11,14,16H,7-8H2,1-3H3,(H,17,18). The average molecular weight is 262 g/mol. The second kappa shape index (κ2) is 6.17.